The summed E-state index contributed by atoms with van der Waals surface area (Å²) in [5.74, 6) is 0. The maximum atomic E-state index is 12.4. The molecule has 108 valence electrons. The van der Waals surface area contributed by atoms with Crippen LogP contribution in [0.2, 0.25) is 0 Å². The summed E-state index contributed by atoms with van der Waals surface area (Å²) in [7, 11) is -3.50. The summed E-state index contributed by atoms with van der Waals surface area (Å²) in [4.78, 5) is 1.33. The van der Waals surface area contributed by atoms with E-state index in [1.165, 1.54) is 0 Å². The molecular weight excluding hydrogens is 358 g/mol. The number of nitrogens with one attached hydrogen (secondary N) is 1. The van der Waals surface area contributed by atoms with Crippen LogP contribution in [-0.2, 0) is 10.0 Å². The molecule has 0 aliphatic carbocycles. The molecule has 1 atom stereocenters. The van der Waals surface area contributed by atoms with Gasteiger partial charge in [-0.1, -0.05) is 41.4 Å². The predicted molar refractivity (Wildman–Crippen MR) is 86.4 cm³/mol. The molecule has 0 spiro atoms. The lowest BCUT2D eigenvalue weighted by molar-refractivity contribution is 0.540. The molecule has 1 aromatic carbocycles. The van der Waals surface area contributed by atoms with E-state index in [2.05, 4.69) is 20.7 Å². The summed E-state index contributed by atoms with van der Waals surface area (Å²) in [6.45, 7) is 2.05. The van der Waals surface area contributed by atoms with E-state index in [1.54, 1.807) is 29.5 Å². The van der Waals surface area contributed by atoms with Crippen LogP contribution in [0.1, 0.15) is 30.7 Å². The first-order valence-electron chi connectivity index (χ1n) is 6.34. The molecule has 0 aliphatic rings. The Hall–Kier alpha value is -0.690. The van der Waals surface area contributed by atoms with Crippen LogP contribution in [0.3, 0.4) is 0 Å². The minimum absolute atomic E-state index is 0.163. The minimum Gasteiger partial charge on any atom is -0.207 e. The molecule has 20 heavy (non-hydrogen) atoms. The van der Waals surface area contributed by atoms with E-state index in [0.29, 0.717) is 0 Å². The van der Waals surface area contributed by atoms with Crippen molar-refractivity contribution in [1.29, 1.82) is 0 Å². The second-order valence-corrected chi connectivity index (χ2v) is 8.04. The van der Waals surface area contributed by atoms with Gasteiger partial charge >= 0.3 is 0 Å². The smallest absolute Gasteiger partial charge is 0.207 e. The number of hydrogen-bond donors (Lipinski definition) is 1. The molecule has 2 rings (SSSR count). The van der Waals surface area contributed by atoms with E-state index >= 15 is 0 Å². The van der Waals surface area contributed by atoms with Gasteiger partial charge < -0.3 is 0 Å². The molecule has 0 saturated carbocycles. The summed E-state index contributed by atoms with van der Waals surface area (Å²) in [6, 6.07) is 10.5. The fourth-order valence-electron chi connectivity index (χ4n) is 1.93. The van der Waals surface area contributed by atoms with Crippen LogP contribution in [-0.4, -0.2) is 8.42 Å². The molecule has 1 unspecified atom stereocenters. The van der Waals surface area contributed by atoms with Gasteiger partial charge in [-0.2, -0.15) is 0 Å². The van der Waals surface area contributed by atoms with Gasteiger partial charge in [0.25, 0.3) is 0 Å². The Kier molecular flexibility index (Phi) is 5.37. The molecule has 6 heteroatoms. The fourth-order valence-corrected chi connectivity index (χ4v) is 4.66. The van der Waals surface area contributed by atoms with Crippen molar-refractivity contribution < 1.29 is 8.42 Å². The normalized spacial score (nSPS) is 13.3. The van der Waals surface area contributed by atoms with E-state index in [4.69, 9.17) is 0 Å². The molecule has 3 nitrogen and oxygen atoms in total. The second kappa shape index (κ2) is 6.85. The average Bonchev–Trinajstić information content (AvgIpc) is 2.92. The first-order chi connectivity index (χ1) is 9.53. The van der Waals surface area contributed by atoms with Crippen LogP contribution in [0.15, 0.2) is 51.1 Å². The van der Waals surface area contributed by atoms with Crippen molar-refractivity contribution in [3.8, 4) is 0 Å². The molecule has 2 aromatic rings. The van der Waals surface area contributed by atoms with Gasteiger partial charge in [0.1, 0.15) is 0 Å². The molecule has 1 heterocycles. The number of hydrogen-bond acceptors (Lipinski definition) is 3. The van der Waals surface area contributed by atoms with Gasteiger partial charge in [-0.15, -0.1) is 11.3 Å². The SMILES string of the molecule is CCCC(NS(=O)(=O)c1cccc(Br)c1)c1cccs1. The number of sulfonamides is 1. The largest absolute Gasteiger partial charge is 0.241 e. The van der Waals surface area contributed by atoms with Gasteiger partial charge in [0, 0.05) is 9.35 Å². The third-order valence-corrected chi connectivity index (χ3v) is 5.82. The highest BCUT2D eigenvalue weighted by Crippen LogP contribution is 2.26. The first kappa shape index (κ1) is 15.7. The van der Waals surface area contributed by atoms with Crippen molar-refractivity contribution >= 4 is 37.3 Å². The highest BCUT2D eigenvalue weighted by Gasteiger charge is 2.21. The maximum Gasteiger partial charge on any atom is 0.241 e. The quantitative estimate of drug-likeness (QED) is 0.818. The van der Waals surface area contributed by atoms with Crippen LogP contribution in [0.25, 0.3) is 0 Å². The lowest BCUT2D eigenvalue weighted by Crippen LogP contribution is -2.28. The van der Waals surface area contributed by atoms with Gasteiger partial charge in [0.05, 0.1) is 10.9 Å². The van der Waals surface area contributed by atoms with Crippen LogP contribution < -0.4 is 4.72 Å². The molecule has 0 saturated heterocycles. The molecule has 1 N–H and O–H groups in total. The molecule has 0 aliphatic heterocycles. The summed E-state index contributed by atoms with van der Waals surface area (Å²) in [5.41, 5.74) is 0. The van der Waals surface area contributed by atoms with E-state index in [0.717, 1.165) is 22.2 Å². The van der Waals surface area contributed by atoms with Gasteiger partial charge in [-0.25, -0.2) is 13.1 Å². The summed E-state index contributed by atoms with van der Waals surface area (Å²) in [6.07, 6.45) is 1.71. The van der Waals surface area contributed by atoms with Gasteiger partial charge in [-0.3, -0.25) is 0 Å². The van der Waals surface area contributed by atoms with Crippen molar-refractivity contribution in [3.05, 3.63) is 51.1 Å². The third kappa shape index (κ3) is 3.91. The monoisotopic (exact) mass is 373 g/mol. The number of halogens is 1. The Balaban J connectivity index is 2.25. The third-order valence-electron chi connectivity index (χ3n) is 2.87. The lowest BCUT2D eigenvalue weighted by atomic mass is 10.1. The predicted octanol–water partition coefficient (Wildman–Crippen LogP) is 4.33. The van der Waals surface area contributed by atoms with Gasteiger partial charge in [-0.05, 0) is 36.1 Å². The highest BCUT2D eigenvalue weighted by atomic mass is 79.9. The number of benzene rings is 1. The Labute approximate surface area is 132 Å². The zero-order valence-corrected chi connectivity index (χ0v) is 14.3. The number of rotatable bonds is 6. The first-order valence-corrected chi connectivity index (χ1v) is 9.50. The van der Waals surface area contributed by atoms with Crippen molar-refractivity contribution in [2.24, 2.45) is 0 Å². The summed E-state index contributed by atoms with van der Waals surface area (Å²) in [5, 5.41) is 1.96. The zero-order chi connectivity index (χ0) is 14.6. The second-order valence-electron chi connectivity index (χ2n) is 4.44. The van der Waals surface area contributed by atoms with Crippen LogP contribution in [0, 0.1) is 0 Å². The van der Waals surface area contributed by atoms with E-state index < -0.39 is 10.0 Å². The van der Waals surface area contributed by atoms with Crippen molar-refractivity contribution in [2.45, 2.75) is 30.7 Å². The van der Waals surface area contributed by atoms with Gasteiger partial charge in [0.15, 0.2) is 0 Å². The summed E-state index contributed by atoms with van der Waals surface area (Å²) < 4.78 is 28.4. The minimum atomic E-state index is -3.50. The molecular formula is C14H16BrNO2S2. The molecule has 0 radical (unpaired) electrons. The van der Waals surface area contributed by atoms with Crippen molar-refractivity contribution in [2.75, 3.05) is 0 Å². The van der Waals surface area contributed by atoms with Crippen LogP contribution in [0.4, 0.5) is 0 Å². The summed E-state index contributed by atoms with van der Waals surface area (Å²) >= 11 is 4.87. The average molecular weight is 374 g/mol. The Morgan fingerprint density at radius 1 is 1.30 bits per heavy atom. The van der Waals surface area contributed by atoms with Crippen LogP contribution in [0.5, 0.6) is 0 Å². The molecule has 0 bridgehead atoms. The maximum absolute atomic E-state index is 12.4. The van der Waals surface area contributed by atoms with Crippen LogP contribution >= 0.6 is 27.3 Å². The standard InChI is InChI=1S/C14H16BrNO2S2/c1-2-5-13(14-8-4-9-19-14)16-20(17,18)12-7-3-6-11(15)10-12/h3-4,6-10,13,16H,2,5H2,1H3. The topological polar surface area (TPSA) is 46.2 Å². The van der Waals surface area contributed by atoms with Gasteiger partial charge in [0.2, 0.25) is 10.0 Å². The van der Waals surface area contributed by atoms with E-state index in [-0.39, 0.29) is 10.9 Å². The lowest BCUT2D eigenvalue weighted by Gasteiger charge is -2.17. The van der Waals surface area contributed by atoms with E-state index in [1.807, 2.05) is 30.5 Å². The molecule has 0 fully saturated rings. The number of thiophene rings is 1. The zero-order valence-electron chi connectivity index (χ0n) is 11.0. The Morgan fingerprint density at radius 3 is 2.70 bits per heavy atom. The fraction of sp³-hybridized carbons (Fsp3) is 0.286. The highest BCUT2D eigenvalue weighted by molar-refractivity contribution is 9.10. The molecule has 0 amide bonds. The van der Waals surface area contributed by atoms with Crippen molar-refractivity contribution in [1.82, 2.24) is 4.72 Å². The molecule has 1 aromatic heterocycles. The van der Waals surface area contributed by atoms with E-state index in [9.17, 15) is 8.42 Å². The Morgan fingerprint density at radius 2 is 2.10 bits per heavy atom. The van der Waals surface area contributed by atoms with Crippen molar-refractivity contribution in [3.63, 3.8) is 0 Å². The Bertz CT molecular complexity index is 654.